The van der Waals surface area contributed by atoms with E-state index in [4.69, 9.17) is 5.73 Å². The van der Waals surface area contributed by atoms with E-state index in [1.807, 2.05) is 0 Å². The summed E-state index contributed by atoms with van der Waals surface area (Å²) in [6.07, 6.45) is 1.51. The van der Waals surface area contributed by atoms with Crippen molar-refractivity contribution in [3.63, 3.8) is 0 Å². The van der Waals surface area contributed by atoms with Crippen LogP contribution in [0.2, 0.25) is 0 Å². The summed E-state index contributed by atoms with van der Waals surface area (Å²) in [6, 6.07) is 3.61. The number of halogens is 2. The predicted molar refractivity (Wildman–Crippen MR) is 66.5 cm³/mol. The Morgan fingerprint density at radius 3 is 2.79 bits per heavy atom. The molecule has 1 aromatic carbocycles. The molecule has 1 heterocycles. The Balaban J connectivity index is 2.28. The molecule has 0 aliphatic carbocycles. The van der Waals surface area contributed by atoms with Crippen LogP contribution in [0.5, 0.6) is 0 Å². The highest BCUT2D eigenvalue weighted by molar-refractivity contribution is 5.22. The van der Waals surface area contributed by atoms with E-state index in [1.165, 1.54) is 12.3 Å². The quantitative estimate of drug-likeness (QED) is 0.915. The van der Waals surface area contributed by atoms with E-state index in [2.05, 4.69) is 5.10 Å². The highest BCUT2D eigenvalue weighted by atomic mass is 19.1. The van der Waals surface area contributed by atoms with Gasteiger partial charge in [-0.05, 0) is 30.7 Å². The van der Waals surface area contributed by atoms with Crippen LogP contribution < -0.4 is 11.3 Å². The van der Waals surface area contributed by atoms with Crippen LogP contribution >= 0.6 is 0 Å². The summed E-state index contributed by atoms with van der Waals surface area (Å²) in [6.45, 7) is 1.73. The van der Waals surface area contributed by atoms with Crippen LogP contribution in [-0.2, 0) is 6.54 Å². The average Bonchev–Trinajstić information content (AvgIpc) is 2.35. The molecule has 4 nitrogen and oxygen atoms in total. The van der Waals surface area contributed by atoms with Crippen molar-refractivity contribution in [1.82, 2.24) is 9.78 Å². The first kappa shape index (κ1) is 13.4. The molecule has 0 spiro atoms. The summed E-state index contributed by atoms with van der Waals surface area (Å²) in [4.78, 5) is 11.6. The minimum atomic E-state index is -0.844. The molecule has 0 radical (unpaired) electrons. The summed E-state index contributed by atoms with van der Waals surface area (Å²) in [5.74, 6) is -1.18. The highest BCUT2D eigenvalue weighted by Crippen LogP contribution is 2.17. The van der Waals surface area contributed by atoms with Crippen molar-refractivity contribution in [2.45, 2.75) is 19.5 Å². The molecule has 0 bridgehead atoms. The van der Waals surface area contributed by atoms with E-state index in [0.717, 1.165) is 28.4 Å². The SMILES string of the molecule is Cc1cnn(CC(N)c2cc(F)ccc2F)c(=O)c1. The van der Waals surface area contributed by atoms with Gasteiger partial charge in [0, 0.05) is 11.6 Å². The van der Waals surface area contributed by atoms with Gasteiger partial charge in [-0.25, -0.2) is 13.5 Å². The van der Waals surface area contributed by atoms with Crippen LogP contribution in [0.1, 0.15) is 17.2 Å². The Labute approximate surface area is 108 Å². The molecule has 0 aliphatic heterocycles. The fraction of sp³-hybridized carbons (Fsp3) is 0.231. The van der Waals surface area contributed by atoms with Gasteiger partial charge in [0.15, 0.2) is 0 Å². The van der Waals surface area contributed by atoms with E-state index >= 15 is 0 Å². The Morgan fingerprint density at radius 1 is 1.37 bits per heavy atom. The van der Waals surface area contributed by atoms with Gasteiger partial charge in [0.1, 0.15) is 11.6 Å². The van der Waals surface area contributed by atoms with Crippen LogP contribution in [0, 0.1) is 18.6 Å². The van der Waals surface area contributed by atoms with Crippen LogP contribution in [0.15, 0.2) is 35.3 Å². The molecule has 19 heavy (non-hydrogen) atoms. The largest absolute Gasteiger partial charge is 0.322 e. The van der Waals surface area contributed by atoms with E-state index in [-0.39, 0.29) is 17.7 Å². The minimum Gasteiger partial charge on any atom is -0.322 e. The Morgan fingerprint density at radius 2 is 2.11 bits per heavy atom. The van der Waals surface area contributed by atoms with Gasteiger partial charge < -0.3 is 5.73 Å². The van der Waals surface area contributed by atoms with Crippen molar-refractivity contribution in [2.75, 3.05) is 0 Å². The minimum absolute atomic E-state index is 0.0144. The third-order valence-corrected chi connectivity index (χ3v) is 2.73. The molecule has 0 saturated heterocycles. The van der Waals surface area contributed by atoms with Crippen molar-refractivity contribution < 1.29 is 8.78 Å². The number of nitrogens with two attached hydrogens (primary N) is 1. The van der Waals surface area contributed by atoms with Crippen molar-refractivity contribution in [1.29, 1.82) is 0 Å². The first-order chi connectivity index (χ1) is 8.97. The third-order valence-electron chi connectivity index (χ3n) is 2.73. The van der Waals surface area contributed by atoms with Gasteiger partial charge in [-0.1, -0.05) is 0 Å². The highest BCUT2D eigenvalue weighted by Gasteiger charge is 2.14. The summed E-state index contributed by atoms with van der Waals surface area (Å²) in [5.41, 5.74) is 6.22. The lowest BCUT2D eigenvalue weighted by molar-refractivity contribution is 0.479. The maximum atomic E-state index is 13.5. The molecule has 0 aliphatic rings. The fourth-order valence-corrected chi connectivity index (χ4v) is 1.74. The van der Waals surface area contributed by atoms with Crippen molar-refractivity contribution in [2.24, 2.45) is 5.73 Å². The molecular weight excluding hydrogens is 252 g/mol. The molecule has 100 valence electrons. The molecule has 0 saturated carbocycles. The van der Waals surface area contributed by atoms with Gasteiger partial charge in [-0.3, -0.25) is 4.79 Å². The topological polar surface area (TPSA) is 60.9 Å². The smallest absolute Gasteiger partial charge is 0.267 e. The lowest BCUT2D eigenvalue weighted by Gasteiger charge is -2.14. The third kappa shape index (κ3) is 3.03. The van der Waals surface area contributed by atoms with Gasteiger partial charge in [0.05, 0.1) is 18.8 Å². The number of aryl methyl sites for hydroxylation is 1. The molecule has 0 amide bonds. The van der Waals surface area contributed by atoms with E-state index in [1.54, 1.807) is 6.92 Å². The second-order valence-electron chi connectivity index (χ2n) is 4.33. The predicted octanol–water partition coefficient (Wildman–Crippen LogP) is 1.53. The first-order valence-electron chi connectivity index (χ1n) is 5.71. The summed E-state index contributed by atoms with van der Waals surface area (Å²) >= 11 is 0. The van der Waals surface area contributed by atoms with Gasteiger partial charge in [0.2, 0.25) is 0 Å². The summed E-state index contributed by atoms with van der Waals surface area (Å²) < 4.78 is 27.7. The number of hydrogen-bond acceptors (Lipinski definition) is 3. The zero-order valence-electron chi connectivity index (χ0n) is 10.3. The molecule has 2 rings (SSSR count). The zero-order chi connectivity index (χ0) is 14.0. The summed E-state index contributed by atoms with van der Waals surface area (Å²) in [7, 11) is 0. The molecule has 2 aromatic rings. The van der Waals surface area contributed by atoms with Crippen LogP contribution in [-0.4, -0.2) is 9.78 Å². The fourth-order valence-electron chi connectivity index (χ4n) is 1.74. The zero-order valence-corrected chi connectivity index (χ0v) is 10.3. The number of nitrogens with zero attached hydrogens (tertiary/aromatic N) is 2. The number of rotatable bonds is 3. The van der Waals surface area contributed by atoms with E-state index in [0.29, 0.717) is 0 Å². The molecule has 1 atom stereocenters. The molecule has 0 fully saturated rings. The number of aromatic nitrogens is 2. The lowest BCUT2D eigenvalue weighted by atomic mass is 10.1. The van der Waals surface area contributed by atoms with Crippen molar-refractivity contribution in [3.8, 4) is 0 Å². The monoisotopic (exact) mass is 265 g/mol. The number of hydrogen-bond donors (Lipinski definition) is 1. The average molecular weight is 265 g/mol. The maximum Gasteiger partial charge on any atom is 0.267 e. The maximum absolute atomic E-state index is 13.5. The van der Waals surface area contributed by atoms with Gasteiger partial charge >= 0.3 is 0 Å². The Kier molecular flexibility index (Phi) is 3.71. The summed E-state index contributed by atoms with van der Waals surface area (Å²) in [5, 5.41) is 3.90. The molecule has 1 aromatic heterocycles. The normalized spacial score (nSPS) is 12.4. The van der Waals surface area contributed by atoms with Gasteiger partial charge in [-0.2, -0.15) is 5.10 Å². The standard InChI is InChI=1S/C13H13F2N3O/c1-8-4-13(19)18(17-6-8)7-12(16)10-5-9(14)2-3-11(10)15/h2-6,12H,7,16H2,1H3. The second-order valence-corrected chi connectivity index (χ2v) is 4.33. The van der Waals surface area contributed by atoms with Crippen LogP contribution in [0.3, 0.4) is 0 Å². The van der Waals surface area contributed by atoms with Crippen molar-refractivity contribution in [3.05, 3.63) is 63.6 Å². The number of benzene rings is 1. The van der Waals surface area contributed by atoms with E-state index in [9.17, 15) is 13.6 Å². The Hall–Kier alpha value is -2.08. The Bertz CT molecular complexity index is 655. The molecule has 2 N–H and O–H groups in total. The molecule has 6 heteroatoms. The molecule has 1 unspecified atom stereocenters. The molecular formula is C13H13F2N3O. The van der Waals surface area contributed by atoms with Crippen LogP contribution in [0.4, 0.5) is 8.78 Å². The van der Waals surface area contributed by atoms with E-state index < -0.39 is 17.7 Å². The van der Waals surface area contributed by atoms with Crippen LogP contribution in [0.25, 0.3) is 0 Å². The lowest BCUT2D eigenvalue weighted by Crippen LogP contribution is -2.29. The first-order valence-corrected chi connectivity index (χ1v) is 5.71. The second kappa shape index (κ2) is 5.27. The van der Waals surface area contributed by atoms with Gasteiger partial charge in [-0.15, -0.1) is 0 Å². The van der Waals surface area contributed by atoms with Crippen molar-refractivity contribution >= 4 is 0 Å². The van der Waals surface area contributed by atoms with Gasteiger partial charge in [0.25, 0.3) is 5.56 Å².